The number of fused-ring (bicyclic) bond motifs is 1. The van der Waals surface area contributed by atoms with E-state index in [2.05, 4.69) is 21.2 Å². The number of furan rings is 1. The molecule has 0 spiro atoms. The Bertz CT molecular complexity index is 726. The lowest BCUT2D eigenvalue weighted by Gasteiger charge is -2.26. The van der Waals surface area contributed by atoms with Crippen molar-refractivity contribution in [2.75, 3.05) is 23.9 Å². The molecule has 108 valence electrons. The Labute approximate surface area is 128 Å². The van der Waals surface area contributed by atoms with Crippen LogP contribution in [0.1, 0.15) is 10.6 Å². The zero-order valence-corrected chi connectivity index (χ0v) is 12.6. The largest absolute Gasteiger partial charge is 0.481 e. The van der Waals surface area contributed by atoms with E-state index >= 15 is 0 Å². The van der Waals surface area contributed by atoms with Crippen LogP contribution in [0.5, 0.6) is 5.75 Å². The summed E-state index contributed by atoms with van der Waals surface area (Å²) in [7, 11) is 1.68. The lowest BCUT2D eigenvalue weighted by Crippen LogP contribution is -2.35. The molecule has 0 unspecified atom stereocenters. The Balaban J connectivity index is 1.81. The van der Waals surface area contributed by atoms with E-state index < -0.39 is 0 Å². The van der Waals surface area contributed by atoms with Gasteiger partial charge in [-0.3, -0.25) is 9.59 Å². The number of nitrogens with zero attached hydrogens (tertiary/aromatic N) is 1. The summed E-state index contributed by atoms with van der Waals surface area (Å²) in [6.07, 6.45) is 0. The molecule has 3 rings (SSSR count). The smallest absolute Gasteiger partial charge is 0.291 e. The van der Waals surface area contributed by atoms with Crippen molar-refractivity contribution in [2.24, 2.45) is 0 Å². The number of rotatable bonds is 2. The van der Waals surface area contributed by atoms with Crippen LogP contribution in [0.25, 0.3) is 0 Å². The monoisotopic (exact) mass is 350 g/mol. The number of halogens is 1. The van der Waals surface area contributed by atoms with Crippen molar-refractivity contribution in [1.82, 2.24) is 0 Å². The third-order valence-electron chi connectivity index (χ3n) is 3.10. The number of benzene rings is 1. The van der Waals surface area contributed by atoms with E-state index in [4.69, 9.17) is 9.15 Å². The highest BCUT2D eigenvalue weighted by Crippen LogP contribution is 2.33. The maximum atomic E-state index is 12.0. The van der Waals surface area contributed by atoms with Crippen molar-refractivity contribution in [3.63, 3.8) is 0 Å². The van der Waals surface area contributed by atoms with Gasteiger partial charge in [0.1, 0.15) is 5.75 Å². The first-order valence-electron chi connectivity index (χ1n) is 6.14. The minimum atomic E-state index is -0.360. The Hall–Kier alpha value is -2.28. The van der Waals surface area contributed by atoms with Crippen LogP contribution in [0.4, 0.5) is 11.4 Å². The minimum absolute atomic E-state index is 0.00791. The lowest BCUT2D eigenvalue weighted by atomic mass is 10.2. The number of likely N-dealkylation sites (N-methyl/N-ethyl adjacent to an activating group) is 1. The van der Waals surface area contributed by atoms with E-state index in [0.29, 0.717) is 21.8 Å². The summed E-state index contributed by atoms with van der Waals surface area (Å²) in [5.74, 6) is 0.281. The van der Waals surface area contributed by atoms with Crippen LogP contribution < -0.4 is 15.0 Å². The predicted molar refractivity (Wildman–Crippen MR) is 79.7 cm³/mol. The second kappa shape index (κ2) is 5.25. The van der Waals surface area contributed by atoms with E-state index in [1.165, 1.54) is 4.90 Å². The van der Waals surface area contributed by atoms with Crippen molar-refractivity contribution in [3.05, 3.63) is 40.8 Å². The molecular weight excluding hydrogens is 340 g/mol. The molecule has 0 saturated carbocycles. The van der Waals surface area contributed by atoms with Crippen molar-refractivity contribution in [1.29, 1.82) is 0 Å². The average molecular weight is 351 g/mol. The molecule has 7 heteroatoms. The molecule has 6 nitrogen and oxygen atoms in total. The Morgan fingerprint density at radius 3 is 2.86 bits per heavy atom. The molecule has 1 aromatic carbocycles. The Morgan fingerprint density at radius 1 is 1.33 bits per heavy atom. The zero-order valence-electron chi connectivity index (χ0n) is 11.1. The van der Waals surface area contributed by atoms with Gasteiger partial charge in [-0.05, 0) is 40.2 Å². The van der Waals surface area contributed by atoms with Gasteiger partial charge >= 0.3 is 0 Å². The van der Waals surface area contributed by atoms with Crippen LogP contribution in [0.2, 0.25) is 0 Å². The van der Waals surface area contributed by atoms with Crippen LogP contribution in [-0.2, 0) is 4.79 Å². The number of hydrogen-bond donors (Lipinski definition) is 1. The van der Waals surface area contributed by atoms with Gasteiger partial charge in [-0.25, -0.2) is 0 Å². The number of ether oxygens (including phenoxy) is 1. The van der Waals surface area contributed by atoms with E-state index in [1.807, 2.05) is 0 Å². The third kappa shape index (κ3) is 2.64. The van der Waals surface area contributed by atoms with Crippen LogP contribution in [0.15, 0.2) is 39.4 Å². The standard InChI is InChI=1S/C14H11BrN2O4/c1-17-9-3-2-8(6-11(9)20-7-13(17)18)16-14(19)10-4-5-12(15)21-10/h2-6H,7H2,1H3,(H,16,19). The van der Waals surface area contributed by atoms with Crippen molar-refractivity contribution < 1.29 is 18.7 Å². The van der Waals surface area contributed by atoms with Gasteiger partial charge in [0.25, 0.3) is 11.8 Å². The molecular formula is C14H11BrN2O4. The van der Waals surface area contributed by atoms with Gasteiger partial charge in [0.2, 0.25) is 0 Å². The van der Waals surface area contributed by atoms with Gasteiger partial charge in [-0.2, -0.15) is 0 Å². The summed E-state index contributed by atoms with van der Waals surface area (Å²) < 4.78 is 11.0. The van der Waals surface area contributed by atoms with E-state index in [-0.39, 0.29) is 24.2 Å². The molecule has 1 aliphatic heterocycles. The van der Waals surface area contributed by atoms with Gasteiger partial charge < -0.3 is 19.4 Å². The molecule has 2 amide bonds. The SMILES string of the molecule is CN1C(=O)COc2cc(NC(=O)c3ccc(Br)o3)ccc21. The number of amides is 2. The highest BCUT2D eigenvalue weighted by atomic mass is 79.9. The number of nitrogens with one attached hydrogen (secondary N) is 1. The quantitative estimate of drug-likeness (QED) is 0.903. The van der Waals surface area contributed by atoms with Crippen molar-refractivity contribution >= 4 is 39.1 Å². The van der Waals surface area contributed by atoms with Crippen molar-refractivity contribution in [2.45, 2.75) is 0 Å². The molecule has 21 heavy (non-hydrogen) atoms. The van der Waals surface area contributed by atoms with E-state index in [1.54, 1.807) is 37.4 Å². The van der Waals surface area contributed by atoms with Crippen LogP contribution in [0, 0.1) is 0 Å². The summed E-state index contributed by atoms with van der Waals surface area (Å²) in [6, 6.07) is 8.31. The fourth-order valence-corrected chi connectivity index (χ4v) is 2.29. The molecule has 2 heterocycles. The van der Waals surface area contributed by atoms with Gasteiger partial charge in [-0.15, -0.1) is 0 Å². The molecule has 0 atom stereocenters. The molecule has 0 radical (unpaired) electrons. The first-order chi connectivity index (χ1) is 10.0. The molecule has 0 saturated heterocycles. The summed E-state index contributed by atoms with van der Waals surface area (Å²) in [5.41, 5.74) is 1.24. The summed E-state index contributed by atoms with van der Waals surface area (Å²) in [6.45, 7) is -0.00791. The molecule has 2 aromatic rings. The second-order valence-electron chi connectivity index (χ2n) is 4.48. The molecule has 0 fully saturated rings. The fourth-order valence-electron chi connectivity index (χ4n) is 1.98. The van der Waals surface area contributed by atoms with Gasteiger partial charge in [0.15, 0.2) is 17.0 Å². The van der Waals surface area contributed by atoms with Crippen LogP contribution in [-0.4, -0.2) is 25.5 Å². The lowest BCUT2D eigenvalue weighted by molar-refractivity contribution is -0.120. The highest BCUT2D eigenvalue weighted by molar-refractivity contribution is 9.10. The maximum Gasteiger partial charge on any atom is 0.291 e. The first kappa shape index (κ1) is 13.7. The predicted octanol–water partition coefficient (Wildman–Crippen LogP) is 2.65. The van der Waals surface area contributed by atoms with Crippen LogP contribution in [0.3, 0.4) is 0 Å². The molecule has 0 bridgehead atoms. The molecule has 1 aromatic heterocycles. The molecule has 1 N–H and O–H groups in total. The summed E-state index contributed by atoms with van der Waals surface area (Å²) in [5, 5.41) is 2.71. The van der Waals surface area contributed by atoms with E-state index in [0.717, 1.165) is 0 Å². The first-order valence-corrected chi connectivity index (χ1v) is 6.94. The van der Waals surface area contributed by atoms with Gasteiger partial charge in [0.05, 0.1) is 5.69 Å². The summed E-state index contributed by atoms with van der Waals surface area (Å²) >= 11 is 3.14. The maximum absolute atomic E-state index is 12.0. The van der Waals surface area contributed by atoms with Crippen LogP contribution >= 0.6 is 15.9 Å². The normalized spacial score (nSPS) is 13.6. The summed E-state index contributed by atoms with van der Waals surface area (Å²) in [4.78, 5) is 25.0. The van der Waals surface area contributed by atoms with Gasteiger partial charge in [0, 0.05) is 18.8 Å². The topological polar surface area (TPSA) is 71.8 Å². The Morgan fingerprint density at radius 2 is 2.14 bits per heavy atom. The Kier molecular flexibility index (Phi) is 3.42. The second-order valence-corrected chi connectivity index (χ2v) is 5.26. The third-order valence-corrected chi connectivity index (χ3v) is 3.53. The zero-order chi connectivity index (χ0) is 15.0. The number of anilines is 2. The van der Waals surface area contributed by atoms with E-state index in [9.17, 15) is 9.59 Å². The molecule has 0 aliphatic carbocycles. The fraction of sp³-hybridized carbons (Fsp3) is 0.143. The van der Waals surface area contributed by atoms with Gasteiger partial charge in [-0.1, -0.05) is 0 Å². The number of carbonyl (C=O) groups excluding carboxylic acids is 2. The molecule has 1 aliphatic rings. The minimum Gasteiger partial charge on any atom is -0.481 e. The number of hydrogen-bond acceptors (Lipinski definition) is 4. The van der Waals surface area contributed by atoms with Crippen molar-refractivity contribution in [3.8, 4) is 5.75 Å². The number of carbonyl (C=O) groups is 2. The average Bonchev–Trinajstić information content (AvgIpc) is 2.90. The highest BCUT2D eigenvalue weighted by Gasteiger charge is 2.22.